The van der Waals surface area contributed by atoms with E-state index < -0.39 is 15.6 Å². The largest absolute Gasteiger partial charge is 0.373 e. The minimum atomic E-state index is -4.61. The zero-order chi connectivity index (χ0) is 15.5. The van der Waals surface area contributed by atoms with Crippen LogP contribution in [0.5, 0.6) is 0 Å². The molecule has 0 atom stereocenters. The fraction of sp³-hybridized carbons (Fsp3) is 0.308. The van der Waals surface area contributed by atoms with E-state index in [2.05, 4.69) is 4.98 Å². The van der Waals surface area contributed by atoms with Gasteiger partial charge in [-0.3, -0.25) is 0 Å². The van der Waals surface area contributed by atoms with Crippen LogP contribution in [0.3, 0.4) is 0 Å². The van der Waals surface area contributed by atoms with Gasteiger partial charge in [-0.2, -0.15) is 8.78 Å². The molecule has 0 saturated carbocycles. The Balaban J connectivity index is 2.23. The maximum Gasteiger partial charge on any atom is 0.341 e. The highest BCUT2D eigenvalue weighted by atomic mass is 32.2. The van der Waals surface area contributed by atoms with Crippen molar-refractivity contribution in [2.45, 2.75) is 17.1 Å². The molecule has 114 valence electrons. The monoisotopic (exact) mass is 332 g/mol. The predicted octanol–water partition coefficient (Wildman–Crippen LogP) is 2.82. The first-order valence-corrected chi connectivity index (χ1v) is 8.56. The molecule has 1 heterocycles. The van der Waals surface area contributed by atoms with E-state index in [0.717, 1.165) is 5.01 Å². The molecule has 0 aliphatic carbocycles. The van der Waals surface area contributed by atoms with Crippen LogP contribution in [0.4, 0.5) is 14.5 Å². The Hall–Kier alpha value is -1.54. The molecule has 2 aromatic rings. The number of likely N-dealkylation sites (N-methyl/N-ethyl adjacent to an activating group) is 1. The molecule has 0 spiro atoms. The summed E-state index contributed by atoms with van der Waals surface area (Å²) in [6.07, 6.45) is 2.31. The molecule has 0 bridgehead atoms. The zero-order valence-corrected chi connectivity index (χ0v) is 12.9. The standard InChI is InChI=1S/C13H14F2N2O2S2/c1-17(8-6-12-16-7-9-20-12)10-4-2-3-5-11(10)21(18,19)13(14)15/h2-5,7,9,13H,6,8H2,1H3. The van der Waals surface area contributed by atoms with E-state index in [1.165, 1.54) is 29.5 Å². The third-order valence-electron chi connectivity index (χ3n) is 2.96. The third-order valence-corrected chi connectivity index (χ3v) is 5.23. The Kier molecular flexibility index (Phi) is 4.89. The highest BCUT2D eigenvalue weighted by Crippen LogP contribution is 2.28. The van der Waals surface area contributed by atoms with Crippen LogP contribution in [-0.2, 0) is 16.3 Å². The van der Waals surface area contributed by atoms with E-state index >= 15 is 0 Å². The SMILES string of the molecule is CN(CCc1nccs1)c1ccccc1S(=O)(=O)C(F)F. The van der Waals surface area contributed by atoms with Gasteiger partial charge >= 0.3 is 5.76 Å². The second-order valence-electron chi connectivity index (χ2n) is 4.37. The number of thiazole rings is 1. The summed E-state index contributed by atoms with van der Waals surface area (Å²) >= 11 is 1.50. The Morgan fingerprint density at radius 3 is 2.67 bits per heavy atom. The van der Waals surface area contributed by atoms with Gasteiger partial charge in [-0.1, -0.05) is 12.1 Å². The lowest BCUT2D eigenvalue weighted by atomic mass is 10.3. The van der Waals surface area contributed by atoms with Gasteiger partial charge in [-0.15, -0.1) is 11.3 Å². The van der Waals surface area contributed by atoms with Gasteiger partial charge in [-0.05, 0) is 12.1 Å². The molecule has 0 amide bonds. The summed E-state index contributed by atoms with van der Waals surface area (Å²) in [5, 5.41) is 2.76. The van der Waals surface area contributed by atoms with Crippen LogP contribution in [0.15, 0.2) is 40.7 Å². The average Bonchev–Trinajstić information content (AvgIpc) is 2.98. The van der Waals surface area contributed by atoms with Crippen molar-refractivity contribution in [2.24, 2.45) is 0 Å². The number of sulfone groups is 1. The summed E-state index contributed by atoms with van der Waals surface area (Å²) in [5.41, 5.74) is 0.273. The molecular formula is C13H14F2N2O2S2. The molecule has 8 heteroatoms. The van der Waals surface area contributed by atoms with E-state index in [0.29, 0.717) is 13.0 Å². The first-order valence-electron chi connectivity index (χ1n) is 6.13. The van der Waals surface area contributed by atoms with Crippen LogP contribution < -0.4 is 4.90 Å². The summed E-state index contributed by atoms with van der Waals surface area (Å²) in [7, 11) is -2.94. The summed E-state index contributed by atoms with van der Waals surface area (Å²) < 4.78 is 48.9. The van der Waals surface area contributed by atoms with E-state index in [1.807, 2.05) is 5.38 Å². The smallest absolute Gasteiger partial charge is 0.341 e. The van der Waals surface area contributed by atoms with Crippen LogP contribution in [0.25, 0.3) is 0 Å². The number of hydrogen-bond donors (Lipinski definition) is 0. The van der Waals surface area contributed by atoms with Crippen molar-refractivity contribution in [2.75, 3.05) is 18.5 Å². The van der Waals surface area contributed by atoms with Gasteiger partial charge in [-0.25, -0.2) is 13.4 Å². The lowest BCUT2D eigenvalue weighted by Crippen LogP contribution is -2.23. The number of nitrogens with zero attached hydrogens (tertiary/aromatic N) is 2. The van der Waals surface area contributed by atoms with Gasteiger partial charge in [0, 0.05) is 31.6 Å². The molecule has 0 unspecified atom stereocenters. The molecule has 21 heavy (non-hydrogen) atoms. The predicted molar refractivity (Wildman–Crippen MR) is 78.7 cm³/mol. The number of hydrogen-bond acceptors (Lipinski definition) is 5. The maximum absolute atomic E-state index is 12.7. The first-order chi connectivity index (χ1) is 9.93. The average molecular weight is 332 g/mol. The molecule has 1 aromatic carbocycles. The van der Waals surface area contributed by atoms with E-state index in [1.54, 1.807) is 24.2 Å². The van der Waals surface area contributed by atoms with Crippen molar-refractivity contribution < 1.29 is 17.2 Å². The number of aromatic nitrogens is 1. The summed E-state index contributed by atoms with van der Waals surface area (Å²) in [5.74, 6) is -3.42. The van der Waals surface area contributed by atoms with Crippen molar-refractivity contribution in [1.29, 1.82) is 0 Å². The molecule has 0 aliphatic heterocycles. The Morgan fingerprint density at radius 2 is 2.05 bits per heavy atom. The fourth-order valence-corrected chi connectivity index (χ4v) is 3.45. The van der Waals surface area contributed by atoms with Crippen LogP contribution >= 0.6 is 11.3 Å². The van der Waals surface area contributed by atoms with Crippen molar-refractivity contribution >= 4 is 26.9 Å². The quantitative estimate of drug-likeness (QED) is 0.816. The molecule has 4 nitrogen and oxygen atoms in total. The van der Waals surface area contributed by atoms with Crippen LogP contribution in [0.1, 0.15) is 5.01 Å². The van der Waals surface area contributed by atoms with Crippen LogP contribution in [0.2, 0.25) is 0 Å². The molecule has 0 N–H and O–H groups in total. The highest BCUT2D eigenvalue weighted by Gasteiger charge is 2.29. The fourth-order valence-electron chi connectivity index (χ4n) is 1.87. The maximum atomic E-state index is 12.7. The second kappa shape index (κ2) is 6.48. The molecule has 0 aliphatic rings. The van der Waals surface area contributed by atoms with Gasteiger partial charge in [0.05, 0.1) is 15.6 Å². The Bertz CT molecular complexity index is 688. The van der Waals surface area contributed by atoms with Crippen molar-refractivity contribution in [1.82, 2.24) is 4.98 Å². The third kappa shape index (κ3) is 3.56. The molecular weight excluding hydrogens is 318 g/mol. The van der Waals surface area contributed by atoms with Gasteiger partial charge < -0.3 is 4.90 Å². The van der Waals surface area contributed by atoms with Crippen LogP contribution in [-0.4, -0.2) is 32.8 Å². The normalized spacial score (nSPS) is 11.8. The number of alkyl halides is 2. The lowest BCUT2D eigenvalue weighted by Gasteiger charge is -2.21. The molecule has 0 saturated heterocycles. The summed E-state index contributed by atoms with van der Waals surface area (Å²) in [6.45, 7) is 0.489. The van der Waals surface area contributed by atoms with Crippen molar-refractivity contribution in [3.8, 4) is 0 Å². The molecule has 1 aromatic heterocycles. The van der Waals surface area contributed by atoms with E-state index in [4.69, 9.17) is 0 Å². The molecule has 0 fully saturated rings. The number of rotatable bonds is 6. The topological polar surface area (TPSA) is 50.3 Å². The minimum Gasteiger partial charge on any atom is -0.373 e. The number of halogens is 2. The van der Waals surface area contributed by atoms with Crippen LogP contribution in [0, 0.1) is 0 Å². The summed E-state index contributed by atoms with van der Waals surface area (Å²) in [6, 6.07) is 5.79. The number of para-hydroxylation sites is 1. The highest BCUT2D eigenvalue weighted by molar-refractivity contribution is 7.91. The summed E-state index contributed by atoms with van der Waals surface area (Å²) in [4.78, 5) is 5.44. The second-order valence-corrected chi connectivity index (χ2v) is 7.24. The lowest BCUT2D eigenvalue weighted by molar-refractivity contribution is 0.235. The number of anilines is 1. The van der Waals surface area contributed by atoms with Crippen molar-refractivity contribution in [3.63, 3.8) is 0 Å². The van der Waals surface area contributed by atoms with Gasteiger partial charge in [0.25, 0.3) is 0 Å². The van der Waals surface area contributed by atoms with Gasteiger partial charge in [0.2, 0.25) is 9.84 Å². The number of benzene rings is 1. The first kappa shape index (κ1) is 15.8. The molecule has 2 rings (SSSR count). The van der Waals surface area contributed by atoms with E-state index in [-0.39, 0.29) is 10.6 Å². The minimum absolute atomic E-state index is 0.273. The van der Waals surface area contributed by atoms with Crippen molar-refractivity contribution in [3.05, 3.63) is 40.8 Å². The van der Waals surface area contributed by atoms with Gasteiger partial charge in [0.15, 0.2) is 0 Å². The van der Waals surface area contributed by atoms with E-state index in [9.17, 15) is 17.2 Å². The Labute approximate surface area is 126 Å². The molecule has 0 radical (unpaired) electrons. The zero-order valence-electron chi connectivity index (χ0n) is 11.2. The Morgan fingerprint density at radius 1 is 1.33 bits per heavy atom. The van der Waals surface area contributed by atoms with Gasteiger partial charge in [0.1, 0.15) is 0 Å².